The number of hydrogen-bond donors (Lipinski definition) is 1. The van der Waals surface area contributed by atoms with Crippen LogP contribution in [0.15, 0.2) is 36.5 Å². The highest BCUT2D eigenvalue weighted by Crippen LogP contribution is 2.29. The first-order chi connectivity index (χ1) is 10.3. The molecule has 0 spiro atoms. The van der Waals surface area contributed by atoms with Crippen molar-refractivity contribution in [2.45, 2.75) is 26.8 Å². The molecule has 1 aromatic carbocycles. The smallest absolute Gasteiger partial charge is 0.156 e. The third kappa shape index (κ3) is 2.46. The normalized spacial score (nSPS) is 11.0. The summed E-state index contributed by atoms with van der Waals surface area (Å²) < 4.78 is 1.99. The molecular formula is C16H19N5. The van der Waals surface area contributed by atoms with Gasteiger partial charge in [-0.25, -0.2) is 0 Å². The van der Waals surface area contributed by atoms with E-state index < -0.39 is 0 Å². The zero-order chi connectivity index (χ0) is 14.7. The molecule has 0 unspecified atom stereocenters. The molecule has 108 valence electrons. The largest absolute Gasteiger partial charge is 0.368 e. The summed E-state index contributed by atoms with van der Waals surface area (Å²) in [6, 6.07) is 10.2. The monoisotopic (exact) mass is 281 g/mol. The fraction of sp³-hybridized carbons (Fsp3) is 0.312. The fourth-order valence-electron chi connectivity index (χ4n) is 2.51. The van der Waals surface area contributed by atoms with Gasteiger partial charge in [0.05, 0.1) is 5.69 Å². The molecule has 0 aliphatic heterocycles. The van der Waals surface area contributed by atoms with Gasteiger partial charge >= 0.3 is 0 Å². The number of aryl methyl sites for hydroxylation is 1. The Labute approximate surface area is 124 Å². The van der Waals surface area contributed by atoms with Crippen molar-refractivity contribution >= 4 is 16.6 Å². The Morgan fingerprint density at radius 1 is 1.05 bits per heavy atom. The van der Waals surface area contributed by atoms with Gasteiger partial charge < -0.3 is 5.32 Å². The van der Waals surface area contributed by atoms with Crippen molar-refractivity contribution < 1.29 is 0 Å². The molecule has 0 saturated carbocycles. The fourth-order valence-corrected chi connectivity index (χ4v) is 2.51. The van der Waals surface area contributed by atoms with E-state index in [9.17, 15) is 0 Å². The van der Waals surface area contributed by atoms with Gasteiger partial charge in [-0.15, -0.1) is 10.2 Å². The van der Waals surface area contributed by atoms with Gasteiger partial charge in [0, 0.05) is 30.1 Å². The zero-order valence-electron chi connectivity index (χ0n) is 12.4. The summed E-state index contributed by atoms with van der Waals surface area (Å²) in [7, 11) is 0. The minimum atomic E-state index is 0.825. The predicted octanol–water partition coefficient (Wildman–Crippen LogP) is 3.34. The Bertz CT molecular complexity index is 747. The first kappa shape index (κ1) is 13.5. The second-order valence-corrected chi connectivity index (χ2v) is 4.91. The molecule has 5 nitrogen and oxygen atoms in total. The van der Waals surface area contributed by atoms with Crippen molar-refractivity contribution in [3.05, 3.63) is 36.5 Å². The molecule has 2 heterocycles. The minimum Gasteiger partial charge on any atom is -0.368 e. The van der Waals surface area contributed by atoms with E-state index in [4.69, 9.17) is 0 Å². The zero-order valence-corrected chi connectivity index (χ0v) is 12.4. The SMILES string of the molecule is CCCn1nccc1-c1nnc(NCC)c2ccccc12. The molecule has 21 heavy (non-hydrogen) atoms. The van der Waals surface area contributed by atoms with Gasteiger partial charge in [0.25, 0.3) is 0 Å². The van der Waals surface area contributed by atoms with Gasteiger partial charge in [0.2, 0.25) is 0 Å². The Morgan fingerprint density at radius 3 is 2.62 bits per heavy atom. The molecule has 3 aromatic rings. The van der Waals surface area contributed by atoms with Gasteiger partial charge in [0.15, 0.2) is 5.82 Å². The summed E-state index contributed by atoms with van der Waals surface area (Å²) >= 11 is 0. The summed E-state index contributed by atoms with van der Waals surface area (Å²) in [5.41, 5.74) is 1.90. The Balaban J connectivity index is 2.19. The van der Waals surface area contributed by atoms with Crippen molar-refractivity contribution in [2.75, 3.05) is 11.9 Å². The van der Waals surface area contributed by atoms with Crippen LogP contribution in [0.25, 0.3) is 22.2 Å². The molecule has 2 aromatic heterocycles. The van der Waals surface area contributed by atoms with Crippen LogP contribution in [0.4, 0.5) is 5.82 Å². The number of aromatic nitrogens is 4. The van der Waals surface area contributed by atoms with Crippen LogP contribution < -0.4 is 5.32 Å². The number of nitrogens with zero attached hydrogens (tertiary/aromatic N) is 4. The molecule has 5 heteroatoms. The summed E-state index contributed by atoms with van der Waals surface area (Å²) in [6.07, 6.45) is 2.86. The third-order valence-electron chi connectivity index (χ3n) is 3.43. The average Bonchev–Trinajstić information content (AvgIpc) is 2.96. The summed E-state index contributed by atoms with van der Waals surface area (Å²) in [6.45, 7) is 5.91. The molecule has 0 atom stereocenters. The van der Waals surface area contributed by atoms with E-state index in [0.29, 0.717) is 0 Å². The number of nitrogens with one attached hydrogen (secondary N) is 1. The van der Waals surface area contributed by atoms with Crippen LogP contribution in [0.5, 0.6) is 0 Å². The maximum absolute atomic E-state index is 4.44. The molecule has 0 saturated heterocycles. The van der Waals surface area contributed by atoms with Crippen LogP contribution >= 0.6 is 0 Å². The van der Waals surface area contributed by atoms with Gasteiger partial charge in [-0.05, 0) is 19.4 Å². The van der Waals surface area contributed by atoms with E-state index >= 15 is 0 Å². The lowest BCUT2D eigenvalue weighted by Crippen LogP contribution is -2.06. The maximum Gasteiger partial charge on any atom is 0.156 e. The van der Waals surface area contributed by atoms with Crippen LogP contribution in [-0.2, 0) is 6.54 Å². The summed E-state index contributed by atoms with van der Waals surface area (Å²) in [4.78, 5) is 0. The van der Waals surface area contributed by atoms with E-state index in [1.807, 2.05) is 29.1 Å². The second-order valence-electron chi connectivity index (χ2n) is 4.91. The van der Waals surface area contributed by atoms with Crippen LogP contribution in [0, 0.1) is 0 Å². The predicted molar refractivity (Wildman–Crippen MR) is 85.2 cm³/mol. The number of fused-ring (bicyclic) bond motifs is 1. The van der Waals surface area contributed by atoms with Crippen LogP contribution in [0.1, 0.15) is 20.3 Å². The van der Waals surface area contributed by atoms with E-state index in [-0.39, 0.29) is 0 Å². The van der Waals surface area contributed by atoms with E-state index in [1.54, 1.807) is 0 Å². The van der Waals surface area contributed by atoms with Gasteiger partial charge in [-0.1, -0.05) is 31.2 Å². The van der Waals surface area contributed by atoms with Gasteiger partial charge in [-0.2, -0.15) is 5.10 Å². The quantitative estimate of drug-likeness (QED) is 0.779. The van der Waals surface area contributed by atoms with Crippen LogP contribution in [-0.4, -0.2) is 26.5 Å². The highest BCUT2D eigenvalue weighted by atomic mass is 15.3. The second kappa shape index (κ2) is 5.91. The molecule has 0 bridgehead atoms. The van der Waals surface area contributed by atoms with E-state index in [1.165, 1.54) is 0 Å². The Kier molecular flexibility index (Phi) is 3.81. The lowest BCUT2D eigenvalue weighted by Gasteiger charge is -2.11. The van der Waals surface area contributed by atoms with E-state index in [2.05, 4.69) is 46.6 Å². The van der Waals surface area contributed by atoms with E-state index in [0.717, 1.165) is 47.5 Å². The first-order valence-corrected chi connectivity index (χ1v) is 7.36. The lowest BCUT2D eigenvalue weighted by molar-refractivity contribution is 0.608. The number of benzene rings is 1. The summed E-state index contributed by atoms with van der Waals surface area (Å²) in [5, 5.41) is 18.6. The highest BCUT2D eigenvalue weighted by molar-refractivity contribution is 5.99. The van der Waals surface area contributed by atoms with Gasteiger partial charge in [-0.3, -0.25) is 4.68 Å². The van der Waals surface area contributed by atoms with Crippen molar-refractivity contribution in [3.63, 3.8) is 0 Å². The molecule has 1 N–H and O–H groups in total. The average molecular weight is 281 g/mol. The molecule has 0 amide bonds. The molecule has 3 rings (SSSR count). The number of hydrogen-bond acceptors (Lipinski definition) is 4. The first-order valence-electron chi connectivity index (χ1n) is 7.36. The summed E-state index contributed by atoms with van der Waals surface area (Å²) in [5.74, 6) is 0.832. The lowest BCUT2D eigenvalue weighted by atomic mass is 10.1. The topological polar surface area (TPSA) is 55.6 Å². The molecule has 0 fully saturated rings. The highest BCUT2D eigenvalue weighted by Gasteiger charge is 2.13. The maximum atomic E-state index is 4.44. The standard InChI is InChI=1S/C16H19N5/c1-3-11-21-14(9-10-18-21)15-12-7-5-6-8-13(12)16(17-4-2)20-19-15/h5-10H,3-4,11H2,1-2H3,(H,17,20). The van der Waals surface area contributed by atoms with Crippen molar-refractivity contribution in [1.82, 2.24) is 20.0 Å². The third-order valence-corrected chi connectivity index (χ3v) is 3.43. The molecule has 0 aliphatic carbocycles. The van der Waals surface area contributed by atoms with Gasteiger partial charge in [0.1, 0.15) is 5.69 Å². The Morgan fingerprint density at radius 2 is 1.86 bits per heavy atom. The molecule has 0 aliphatic rings. The van der Waals surface area contributed by atoms with Crippen LogP contribution in [0.3, 0.4) is 0 Å². The molecular weight excluding hydrogens is 262 g/mol. The van der Waals surface area contributed by atoms with Crippen molar-refractivity contribution in [1.29, 1.82) is 0 Å². The van der Waals surface area contributed by atoms with Crippen LogP contribution in [0.2, 0.25) is 0 Å². The van der Waals surface area contributed by atoms with Crippen molar-refractivity contribution in [2.24, 2.45) is 0 Å². The molecule has 0 radical (unpaired) electrons. The minimum absolute atomic E-state index is 0.825. The number of anilines is 1. The van der Waals surface area contributed by atoms with Crippen molar-refractivity contribution in [3.8, 4) is 11.4 Å². The Hall–Kier alpha value is -2.43. The number of rotatable bonds is 5.